The van der Waals surface area contributed by atoms with Crippen molar-refractivity contribution in [2.24, 2.45) is 5.92 Å². The highest BCUT2D eigenvalue weighted by Crippen LogP contribution is 2.28. The SMILES string of the molecule is O=C(NCC1CCCNC1)c1cc2c(s1)CCCCC2. The first-order chi connectivity index (χ1) is 9.83. The summed E-state index contributed by atoms with van der Waals surface area (Å²) in [6.07, 6.45) is 8.67. The van der Waals surface area contributed by atoms with Crippen molar-refractivity contribution in [3.63, 3.8) is 0 Å². The lowest BCUT2D eigenvalue weighted by Crippen LogP contribution is -2.37. The standard InChI is InChI=1S/C16H24N2OS/c19-16(18-11-12-5-4-8-17-10-12)15-9-13-6-2-1-3-7-14(13)20-15/h9,12,17H,1-8,10-11H2,(H,18,19). The molecule has 1 atom stereocenters. The Labute approximate surface area is 125 Å². The monoisotopic (exact) mass is 292 g/mol. The third-order valence-electron chi connectivity index (χ3n) is 4.42. The maximum atomic E-state index is 12.3. The van der Waals surface area contributed by atoms with Crippen molar-refractivity contribution in [1.29, 1.82) is 0 Å². The quantitative estimate of drug-likeness (QED) is 0.841. The van der Waals surface area contributed by atoms with Gasteiger partial charge in [-0.3, -0.25) is 4.79 Å². The lowest BCUT2D eigenvalue weighted by atomic mass is 10.00. The van der Waals surface area contributed by atoms with Gasteiger partial charge in [-0.1, -0.05) is 6.42 Å². The van der Waals surface area contributed by atoms with Crippen molar-refractivity contribution in [1.82, 2.24) is 10.6 Å². The molecule has 110 valence electrons. The van der Waals surface area contributed by atoms with E-state index in [0.29, 0.717) is 5.92 Å². The molecule has 0 saturated carbocycles. The first kappa shape index (κ1) is 14.1. The molecule has 2 aliphatic rings. The molecule has 0 bridgehead atoms. The van der Waals surface area contributed by atoms with Crippen LogP contribution in [0.3, 0.4) is 0 Å². The molecule has 3 rings (SSSR count). The van der Waals surface area contributed by atoms with Crippen molar-refractivity contribution in [2.45, 2.75) is 44.9 Å². The first-order valence-electron chi connectivity index (χ1n) is 7.93. The number of fused-ring (bicyclic) bond motifs is 1. The summed E-state index contributed by atoms with van der Waals surface area (Å²) in [4.78, 5) is 14.6. The van der Waals surface area contributed by atoms with E-state index in [0.717, 1.165) is 30.9 Å². The molecule has 1 fully saturated rings. The fourth-order valence-corrected chi connectivity index (χ4v) is 4.37. The van der Waals surface area contributed by atoms with E-state index < -0.39 is 0 Å². The predicted octanol–water partition coefficient (Wildman–Crippen LogP) is 2.75. The van der Waals surface area contributed by atoms with Crippen LogP contribution < -0.4 is 10.6 Å². The Kier molecular flexibility index (Phi) is 4.73. The second-order valence-corrected chi connectivity index (χ2v) is 7.18. The number of amides is 1. The van der Waals surface area contributed by atoms with Gasteiger partial charge in [-0.2, -0.15) is 0 Å². The first-order valence-corrected chi connectivity index (χ1v) is 8.75. The minimum absolute atomic E-state index is 0.133. The Morgan fingerprint density at radius 2 is 2.20 bits per heavy atom. The fraction of sp³-hybridized carbons (Fsp3) is 0.688. The van der Waals surface area contributed by atoms with E-state index in [1.807, 2.05) is 0 Å². The molecule has 2 N–H and O–H groups in total. The maximum Gasteiger partial charge on any atom is 0.261 e. The second kappa shape index (κ2) is 6.72. The molecular weight excluding hydrogens is 268 g/mol. The number of aryl methyl sites for hydroxylation is 2. The lowest BCUT2D eigenvalue weighted by molar-refractivity contribution is 0.0949. The summed E-state index contributed by atoms with van der Waals surface area (Å²) in [7, 11) is 0. The number of hydrogen-bond acceptors (Lipinski definition) is 3. The topological polar surface area (TPSA) is 41.1 Å². The molecule has 3 nitrogen and oxygen atoms in total. The molecule has 1 aromatic heterocycles. The van der Waals surface area contributed by atoms with E-state index in [-0.39, 0.29) is 5.91 Å². The van der Waals surface area contributed by atoms with Crippen LogP contribution in [0.1, 0.15) is 52.2 Å². The number of carbonyl (C=O) groups excluding carboxylic acids is 1. The zero-order valence-electron chi connectivity index (χ0n) is 12.0. The molecule has 1 saturated heterocycles. The summed E-state index contributed by atoms with van der Waals surface area (Å²) in [6.45, 7) is 2.98. The van der Waals surface area contributed by atoms with E-state index in [2.05, 4.69) is 16.7 Å². The Hall–Kier alpha value is -0.870. The van der Waals surface area contributed by atoms with Crippen molar-refractivity contribution in [2.75, 3.05) is 19.6 Å². The van der Waals surface area contributed by atoms with Gasteiger partial charge in [0.2, 0.25) is 0 Å². The molecule has 2 heterocycles. The average Bonchev–Trinajstić information content (AvgIpc) is 2.77. The average molecular weight is 292 g/mol. The number of hydrogen-bond donors (Lipinski definition) is 2. The zero-order valence-corrected chi connectivity index (χ0v) is 12.9. The van der Waals surface area contributed by atoms with E-state index in [9.17, 15) is 4.79 Å². The normalized spacial score (nSPS) is 22.9. The van der Waals surface area contributed by atoms with Crippen molar-refractivity contribution >= 4 is 17.2 Å². The molecule has 1 aliphatic heterocycles. The second-order valence-electron chi connectivity index (χ2n) is 6.04. The van der Waals surface area contributed by atoms with Gasteiger partial charge in [0.05, 0.1) is 4.88 Å². The van der Waals surface area contributed by atoms with Crippen LogP contribution in [-0.2, 0) is 12.8 Å². The van der Waals surface area contributed by atoms with E-state index in [1.54, 1.807) is 11.3 Å². The smallest absolute Gasteiger partial charge is 0.261 e. The van der Waals surface area contributed by atoms with Crippen LogP contribution in [0.15, 0.2) is 6.07 Å². The van der Waals surface area contributed by atoms with Gasteiger partial charge in [0.25, 0.3) is 5.91 Å². The summed E-state index contributed by atoms with van der Waals surface area (Å²) >= 11 is 1.72. The van der Waals surface area contributed by atoms with E-state index >= 15 is 0 Å². The Morgan fingerprint density at radius 1 is 1.30 bits per heavy atom. The summed E-state index contributed by atoms with van der Waals surface area (Å²) in [5.74, 6) is 0.735. The lowest BCUT2D eigenvalue weighted by Gasteiger charge is -2.22. The molecule has 1 amide bonds. The summed E-state index contributed by atoms with van der Waals surface area (Å²) in [5, 5.41) is 6.52. The van der Waals surface area contributed by atoms with Crippen LogP contribution in [0.5, 0.6) is 0 Å². The molecule has 0 aromatic carbocycles. The summed E-state index contributed by atoms with van der Waals surface area (Å²) in [6, 6.07) is 2.14. The van der Waals surface area contributed by atoms with Gasteiger partial charge in [0.15, 0.2) is 0 Å². The van der Waals surface area contributed by atoms with Gasteiger partial charge in [-0.25, -0.2) is 0 Å². The van der Waals surface area contributed by atoms with Crippen molar-refractivity contribution in [3.05, 3.63) is 21.4 Å². The number of thiophene rings is 1. The van der Waals surface area contributed by atoms with Gasteiger partial charge >= 0.3 is 0 Å². The van der Waals surface area contributed by atoms with Gasteiger partial charge in [-0.05, 0) is 69.2 Å². The molecule has 0 radical (unpaired) electrons. The van der Waals surface area contributed by atoms with Crippen LogP contribution in [0.25, 0.3) is 0 Å². The molecule has 1 aromatic rings. The highest BCUT2D eigenvalue weighted by molar-refractivity contribution is 7.14. The van der Waals surface area contributed by atoms with Crippen LogP contribution in [0.2, 0.25) is 0 Å². The highest BCUT2D eigenvalue weighted by Gasteiger charge is 2.18. The van der Waals surface area contributed by atoms with Crippen LogP contribution in [0.4, 0.5) is 0 Å². The number of nitrogens with one attached hydrogen (secondary N) is 2. The van der Waals surface area contributed by atoms with Gasteiger partial charge in [0, 0.05) is 11.4 Å². The number of rotatable bonds is 3. The third-order valence-corrected chi connectivity index (χ3v) is 5.66. The highest BCUT2D eigenvalue weighted by atomic mass is 32.1. The van der Waals surface area contributed by atoms with E-state index in [1.165, 1.54) is 49.0 Å². The molecule has 1 aliphatic carbocycles. The van der Waals surface area contributed by atoms with Crippen molar-refractivity contribution in [3.8, 4) is 0 Å². The summed E-state index contributed by atoms with van der Waals surface area (Å²) in [5.41, 5.74) is 1.43. The largest absolute Gasteiger partial charge is 0.351 e. The zero-order chi connectivity index (χ0) is 13.8. The Balaban J connectivity index is 1.56. The van der Waals surface area contributed by atoms with Gasteiger partial charge < -0.3 is 10.6 Å². The fourth-order valence-electron chi connectivity index (χ4n) is 3.20. The van der Waals surface area contributed by atoms with Crippen molar-refractivity contribution < 1.29 is 4.79 Å². The predicted molar refractivity (Wildman–Crippen MR) is 83.5 cm³/mol. The molecule has 4 heteroatoms. The molecule has 0 spiro atoms. The Bertz CT molecular complexity index is 440. The van der Waals surface area contributed by atoms with Gasteiger partial charge in [-0.15, -0.1) is 11.3 Å². The number of carbonyl (C=O) groups is 1. The van der Waals surface area contributed by atoms with E-state index in [4.69, 9.17) is 0 Å². The summed E-state index contributed by atoms with van der Waals surface area (Å²) < 4.78 is 0. The van der Waals surface area contributed by atoms with Crippen LogP contribution in [-0.4, -0.2) is 25.5 Å². The minimum atomic E-state index is 0.133. The van der Waals surface area contributed by atoms with Crippen LogP contribution >= 0.6 is 11.3 Å². The number of piperidine rings is 1. The molecule has 20 heavy (non-hydrogen) atoms. The Morgan fingerprint density at radius 3 is 3.05 bits per heavy atom. The third kappa shape index (κ3) is 3.41. The van der Waals surface area contributed by atoms with Crippen LogP contribution in [0, 0.1) is 5.92 Å². The molecule has 1 unspecified atom stereocenters. The maximum absolute atomic E-state index is 12.3. The van der Waals surface area contributed by atoms with Gasteiger partial charge in [0.1, 0.15) is 0 Å². The molecular formula is C16H24N2OS. The minimum Gasteiger partial charge on any atom is -0.351 e.